The lowest BCUT2D eigenvalue weighted by atomic mass is 10.3. The number of nitrogens with zero attached hydrogens (tertiary/aromatic N) is 2. The number of hydrogen-bond donors (Lipinski definition) is 2. The molecule has 17 heavy (non-hydrogen) atoms. The fourth-order valence-corrected chi connectivity index (χ4v) is 1.14. The van der Waals surface area contributed by atoms with Crippen molar-refractivity contribution in [3.05, 3.63) is 6.07 Å². The molecule has 0 aliphatic rings. The maximum absolute atomic E-state index is 11.9. The SMILES string of the molecule is COc1cc(NCCCC(F)(F)F)nc(N)n1. The van der Waals surface area contributed by atoms with Crippen molar-refractivity contribution >= 4 is 11.8 Å². The zero-order valence-corrected chi connectivity index (χ0v) is 9.21. The molecular weight excluding hydrogens is 237 g/mol. The van der Waals surface area contributed by atoms with Crippen LogP contribution in [0.15, 0.2) is 6.07 Å². The molecule has 1 aromatic rings. The minimum atomic E-state index is -4.13. The number of nitrogens with one attached hydrogen (secondary N) is 1. The van der Waals surface area contributed by atoms with Gasteiger partial charge < -0.3 is 15.8 Å². The number of alkyl halides is 3. The van der Waals surface area contributed by atoms with Gasteiger partial charge in [-0.1, -0.05) is 0 Å². The molecule has 3 N–H and O–H groups in total. The second-order valence-electron chi connectivity index (χ2n) is 3.30. The molecule has 1 rings (SSSR count). The van der Waals surface area contributed by atoms with E-state index in [2.05, 4.69) is 15.3 Å². The van der Waals surface area contributed by atoms with Crippen LogP contribution in [0.25, 0.3) is 0 Å². The highest BCUT2D eigenvalue weighted by molar-refractivity contribution is 5.42. The third-order valence-corrected chi connectivity index (χ3v) is 1.87. The van der Waals surface area contributed by atoms with E-state index in [1.54, 1.807) is 0 Å². The number of hydrogen-bond acceptors (Lipinski definition) is 5. The summed E-state index contributed by atoms with van der Waals surface area (Å²) in [5.41, 5.74) is 5.39. The molecule has 0 saturated carbocycles. The van der Waals surface area contributed by atoms with E-state index in [-0.39, 0.29) is 24.8 Å². The first-order valence-electron chi connectivity index (χ1n) is 4.90. The maximum atomic E-state index is 11.9. The lowest BCUT2D eigenvalue weighted by molar-refractivity contribution is -0.134. The number of rotatable bonds is 5. The van der Waals surface area contributed by atoms with Crippen molar-refractivity contribution in [1.82, 2.24) is 9.97 Å². The van der Waals surface area contributed by atoms with E-state index in [0.717, 1.165) is 0 Å². The van der Waals surface area contributed by atoms with Crippen molar-refractivity contribution < 1.29 is 17.9 Å². The topological polar surface area (TPSA) is 73.1 Å². The lowest BCUT2D eigenvalue weighted by Gasteiger charge is -2.09. The summed E-state index contributed by atoms with van der Waals surface area (Å²) in [6.07, 6.45) is -5.00. The summed E-state index contributed by atoms with van der Waals surface area (Å²) in [5, 5.41) is 2.72. The molecule has 0 amide bonds. The van der Waals surface area contributed by atoms with E-state index in [4.69, 9.17) is 10.5 Å². The van der Waals surface area contributed by atoms with Crippen molar-refractivity contribution in [2.45, 2.75) is 19.0 Å². The summed E-state index contributed by atoms with van der Waals surface area (Å²) < 4.78 is 40.5. The van der Waals surface area contributed by atoms with Gasteiger partial charge in [0.2, 0.25) is 11.8 Å². The van der Waals surface area contributed by atoms with E-state index in [9.17, 15) is 13.2 Å². The Labute approximate surface area is 96.2 Å². The second kappa shape index (κ2) is 5.55. The van der Waals surface area contributed by atoms with Crippen molar-refractivity contribution in [3.63, 3.8) is 0 Å². The van der Waals surface area contributed by atoms with Crippen LogP contribution in [0.3, 0.4) is 0 Å². The van der Waals surface area contributed by atoms with Crippen LogP contribution in [0.1, 0.15) is 12.8 Å². The molecule has 0 aliphatic heterocycles. The van der Waals surface area contributed by atoms with Gasteiger partial charge in [-0.3, -0.25) is 0 Å². The number of ether oxygens (including phenoxy) is 1. The summed E-state index contributed by atoms with van der Waals surface area (Å²) in [7, 11) is 1.41. The minimum Gasteiger partial charge on any atom is -0.481 e. The third kappa shape index (κ3) is 5.23. The number of nitrogen functional groups attached to an aromatic ring is 1. The van der Waals surface area contributed by atoms with E-state index in [1.165, 1.54) is 13.2 Å². The number of halogens is 3. The highest BCUT2D eigenvalue weighted by Crippen LogP contribution is 2.21. The van der Waals surface area contributed by atoms with Crippen LogP contribution in [0.5, 0.6) is 5.88 Å². The Morgan fingerprint density at radius 3 is 2.71 bits per heavy atom. The van der Waals surface area contributed by atoms with Crippen LogP contribution in [0.2, 0.25) is 0 Å². The average molecular weight is 250 g/mol. The molecule has 0 fully saturated rings. The fraction of sp³-hybridized carbons (Fsp3) is 0.556. The number of methoxy groups -OCH3 is 1. The molecule has 1 heterocycles. The van der Waals surface area contributed by atoms with E-state index >= 15 is 0 Å². The standard InChI is InChI=1S/C9H13F3N4O/c1-17-7-5-6(15-8(13)16-7)14-4-2-3-9(10,11)12/h5H,2-4H2,1H3,(H3,13,14,15,16). The van der Waals surface area contributed by atoms with E-state index < -0.39 is 12.6 Å². The Morgan fingerprint density at radius 1 is 1.41 bits per heavy atom. The minimum absolute atomic E-state index is 0.00247. The van der Waals surface area contributed by atoms with Crippen LogP contribution in [-0.2, 0) is 0 Å². The summed E-state index contributed by atoms with van der Waals surface area (Å²) in [6.45, 7) is 0.152. The Bertz CT molecular complexity index is 370. The van der Waals surface area contributed by atoms with Crippen LogP contribution in [-0.4, -0.2) is 29.8 Å². The molecule has 0 aliphatic carbocycles. The van der Waals surface area contributed by atoms with Gasteiger partial charge in [-0.15, -0.1) is 0 Å². The van der Waals surface area contributed by atoms with Gasteiger partial charge in [-0.05, 0) is 6.42 Å². The first-order valence-corrected chi connectivity index (χ1v) is 4.90. The molecule has 0 spiro atoms. The largest absolute Gasteiger partial charge is 0.481 e. The third-order valence-electron chi connectivity index (χ3n) is 1.87. The van der Waals surface area contributed by atoms with Gasteiger partial charge in [0.1, 0.15) is 5.82 Å². The van der Waals surface area contributed by atoms with Crippen molar-refractivity contribution in [2.75, 3.05) is 24.7 Å². The predicted molar refractivity (Wildman–Crippen MR) is 56.8 cm³/mol. The summed E-state index contributed by atoms with van der Waals surface area (Å²) >= 11 is 0. The summed E-state index contributed by atoms with van der Waals surface area (Å²) in [5.74, 6) is 0.606. The number of nitrogens with two attached hydrogens (primary N) is 1. The Balaban J connectivity index is 2.44. The van der Waals surface area contributed by atoms with Crippen molar-refractivity contribution in [3.8, 4) is 5.88 Å². The first kappa shape index (κ1) is 13.3. The lowest BCUT2D eigenvalue weighted by Crippen LogP contribution is -2.12. The molecule has 0 atom stereocenters. The van der Waals surface area contributed by atoms with Gasteiger partial charge in [0, 0.05) is 19.0 Å². The van der Waals surface area contributed by atoms with Crippen LogP contribution in [0.4, 0.5) is 24.9 Å². The molecule has 0 bridgehead atoms. The van der Waals surface area contributed by atoms with Crippen LogP contribution < -0.4 is 15.8 Å². The van der Waals surface area contributed by atoms with Gasteiger partial charge >= 0.3 is 6.18 Å². The highest BCUT2D eigenvalue weighted by Gasteiger charge is 2.25. The van der Waals surface area contributed by atoms with Gasteiger partial charge in [0.05, 0.1) is 7.11 Å². The Kier molecular flexibility index (Phi) is 4.36. The maximum Gasteiger partial charge on any atom is 0.389 e. The molecule has 96 valence electrons. The first-order chi connectivity index (χ1) is 7.90. The fourth-order valence-electron chi connectivity index (χ4n) is 1.14. The summed E-state index contributed by atoms with van der Waals surface area (Å²) in [6, 6.07) is 1.46. The zero-order chi connectivity index (χ0) is 12.9. The van der Waals surface area contributed by atoms with Gasteiger partial charge in [0.25, 0.3) is 0 Å². The number of anilines is 2. The van der Waals surface area contributed by atoms with Gasteiger partial charge in [-0.2, -0.15) is 23.1 Å². The Hall–Kier alpha value is -1.73. The average Bonchev–Trinajstić information content (AvgIpc) is 2.22. The van der Waals surface area contributed by atoms with Gasteiger partial charge in [-0.25, -0.2) is 0 Å². The molecule has 0 radical (unpaired) electrons. The second-order valence-corrected chi connectivity index (χ2v) is 3.30. The van der Waals surface area contributed by atoms with Gasteiger partial charge in [0.15, 0.2) is 0 Å². The monoisotopic (exact) mass is 250 g/mol. The van der Waals surface area contributed by atoms with E-state index in [0.29, 0.717) is 5.82 Å². The predicted octanol–water partition coefficient (Wildman–Crippen LogP) is 1.82. The van der Waals surface area contributed by atoms with E-state index in [1.807, 2.05) is 0 Å². The molecule has 8 heteroatoms. The molecule has 1 aromatic heterocycles. The van der Waals surface area contributed by atoms with Crippen LogP contribution >= 0.6 is 0 Å². The highest BCUT2D eigenvalue weighted by atomic mass is 19.4. The van der Waals surface area contributed by atoms with Crippen molar-refractivity contribution in [1.29, 1.82) is 0 Å². The molecule has 0 unspecified atom stereocenters. The molecule has 5 nitrogen and oxygen atoms in total. The smallest absolute Gasteiger partial charge is 0.389 e. The molecule has 0 saturated heterocycles. The van der Waals surface area contributed by atoms with Crippen LogP contribution in [0, 0.1) is 0 Å². The zero-order valence-electron chi connectivity index (χ0n) is 9.21. The van der Waals surface area contributed by atoms with Crippen molar-refractivity contribution in [2.24, 2.45) is 0 Å². The quantitative estimate of drug-likeness (QED) is 0.780. The number of aromatic nitrogens is 2. The molecular formula is C9H13F3N4O. The summed E-state index contributed by atoms with van der Waals surface area (Å²) in [4.78, 5) is 7.55. The normalized spacial score (nSPS) is 11.3. The molecule has 0 aromatic carbocycles. The Morgan fingerprint density at radius 2 is 2.12 bits per heavy atom.